The summed E-state index contributed by atoms with van der Waals surface area (Å²) in [5.41, 5.74) is 8.00. The van der Waals surface area contributed by atoms with Gasteiger partial charge in [-0.05, 0) is 30.7 Å². The monoisotopic (exact) mass is 323 g/mol. The molecule has 94 valence electrons. The van der Waals surface area contributed by atoms with E-state index in [1.807, 2.05) is 25.1 Å². The van der Waals surface area contributed by atoms with E-state index in [0.29, 0.717) is 6.54 Å². The zero-order chi connectivity index (χ0) is 13.0. The molecule has 0 fully saturated rings. The summed E-state index contributed by atoms with van der Waals surface area (Å²) in [5.74, 6) is 0. The Kier molecular flexibility index (Phi) is 4.74. The number of benzene rings is 1. The Bertz CT molecular complexity index is 533. The molecule has 0 radical (unpaired) electrons. The normalized spacial score (nSPS) is 12.4. The SMILES string of the molecule is Cc1ccnc(SC(CN)c2cccc(Br)c2)n1. The summed E-state index contributed by atoms with van der Waals surface area (Å²) >= 11 is 5.07. The number of rotatable bonds is 4. The summed E-state index contributed by atoms with van der Waals surface area (Å²) in [4.78, 5) is 8.65. The molecule has 0 saturated heterocycles. The van der Waals surface area contributed by atoms with Gasteiger partial charge < -0.3 is 5.73 Å². The van der Waals surface area contributed by atoms with Crippen LogP contribution in [0, 0.1) is 6.92 Å². The highest BCUT2D eigenvalue weighted by Crippen LogP contribution is 2.33. The van der Waals surface area contributed by atoms with Gasteiger partial charge in [-0.2, -0.15) is 0 Å². The van der Waals surface area contributed by atoms with Gasteiger partial charge in [-0.3, -0.25) is 0 Å². The van der Waals surface area contributed by atoms with E-state index in [1.54, 1.807) is 18.0 Å². The minimum absolute atomic E-state index is 0.171. The van der Waals surface area contributed by atoms with Crippen molar-refractivity contribution >= 4 is 27.7 Å². The Morgan fingerprint density at radius 1 is 1.39 bits per heavy atom. The molecule has 3 nitrogen and oxygen atoms in total. The lowest BCUT2D eigenvalue weighted by molar-refractivity contribution is 0.895. The van der Waals surface area contributed by atoms with Gasteiger partial charge in [0.25, 0.3) is 0 Å². The van der Waals surface area contributed by atoms with Gasteiger partial charge in [-0.15, -0.1) is 0 Å². The van der Waals surface area contributed by atoms with E-state index in [-0.39, 0.29) is 5.25 Å². The van der Waals surface area contributed by atoms with Crippen molar-refractivity contribution in [2.24, 2.45) is 5.73 Å². The fourth-order valence-corrected chi connectivity index (χ4v) is 2.94. The van der Waals surface area contributed by atoms with E-state index in [1.165, 1.54) is 5.56 Å². The molecule has 0 aliphatic heterocycles. The molecule has 0 aliphatic rings. The van der Waals surface area contributed by atoms with Crippen LogP contribution in [0.4, 0.5) is 0 Å². The number of thioether (sulfide) groups is 1. The number of aryl methyl sites for hydroxylation is 1. The van der Waals surface area contributed by atoms with Gasteiger partial charge in [0.1, 0.15) is 0 Å². The number of hydrogen-bond acceptors (Lipinski definition) is 4. The van der Waals surface area contributed by atoms with E-state index >= 15 is 0 Å². The largest absolute Gasteiger partial charge is 0.329 e. The Labute approximate surface area is 119 Å². The van der Waals surface area contributed by atoms with Gasteiger partial charge in [0.05, 0.1) is 0 Å². The molecule has 1 atom stereocenters. The molecule has 1 heterocycles. The van der Waals surface area contributed by atoms with Crippen molar-refractivity contribution in [3.05, 3.63) is 52.3 Å². The van der Waals surface area contributed by atoms with Crippen molar-refractivity contribution in [1.82, 2.24) is 9.97 Å². The summed E-state index contributed by atoms with van der Waals surface area (Å²) in [5, 5.41) is 0.940. The highest BCUT2D eigenvalue weighted by atomic mass is 79.9. The molecule has 0 bridgehead atoms. The van der Waals surface area contributed by atoms with Crippen molar-refractivity contribution < 1.29 is 0 Å². The first-order valence-electron chi connectivity index (χ1n) is 5.61. The maximum absolute atomic E-state index is 5.85. The summed E-state index contributed by atoms with van der Waals surface area (Å²) < 4.78 is 1.06. The fourth-order valence-electron chi connectivity index (χ4n) is 1.57. The predicted molar refractivity (Wildman–Crippen MR) is 78.6 cm³/mol. The molecule has 1 aromatic heterocycles. The van der Waals surface area contributed by atoms with Crippen LogP contribution in [0.5, 0.6) is 0 Å². The molecule has 0 saturated carbocycles. The van der Waals surface area contributed by atoms with Crippen molar-refractivity contribution in [3.8, 4) is 0 Å². The van der Waals surface area contributed by atoms with Crippen LogP contribution in [-0.4, -0.2) is 16.5 Å². The molecule has 1 unspecified atom stereocenters. The number of hydrogen-bond donors (Lipinski definition) is 1. The first-order chi connectivity index (χ1) is 8.69. The first kappa shape index (κ1) is 13.5. The van der Waals surface area contributed by atoms with E-state index in [0.717, 1.165) is 15.3 Å². The number of aromatic nitrogens is 2. The molecule has 2 N–H and O–H groups in total. The quantitative estimate of drug-likeness (QED) is 0.692. The van der Waals surface area contributed by atoms with Crippen molar-refractivity contribution in [1.29, 1.82) is 0 Å². The van der Waals surface area contributed by atoms with Crippen molar-refractivity contribution in [2.75, 3.05) is 6.54 Å². The number of halogens is 1. The highest BCUT2D eigenvalue weighted by Gasteiger charge is 2.13. The van der Waals surface area contributed by atoms with E-state index in [2.05, 4.69) is 38.0 Å². The molecule has 0 spiro atoms. The van der Waals surface area contributed by atoms with Gasteiger partial charge in [0.15, 0.2) is 5.16 Å². The van der Waals surface area contributed by atoms with Crippen LogP contribution in [-0.2, 0) is 0 Å². The molecule has 0 aliphatic carbocycles. The lowest BCUT2D eigenvalue weighted by Crippen LogP contribution is -2.10. The topological polar surface area (TPSA) is 51.8 Å². The van der Waals surface area contributed by atoms with Crippen LogP contribution in [0.3, 0.4) is 0 Å². The molecule has 1 aromatic carbocycles. The minimum Gasteiger partial charge on any atom is -0.329 e. The van der Waals surface area contributed by atoms with Crippen LogP contribution in [0.2, 0.25) is 0 Å². The zero-order valence-corrected chi connectivity index (χ0v) is 12.4. The van der Waals surface area contributed by atoms with Gasteiger partial charge in [-0.1, -0.05) is 39.8 Å². The number of nitrogens with two attached hydrogens (primary N) is 1. The van der Waals surface area contributed by atoms with Crippen molar-refractivity contribution in [3.63, 3.8) is 0 Å². The zero-order valence-electron chi connectivity index (χ0n) is 10.0. The van der Waals surface area contributed by atoms with Crippen LogP contribution < -0.4 is 5.73 Å². The van der Waals surface area contributed by atoms with Gasteiger partial charge in [0, 0.05) is 28.2 Å². The van der Waals surface area contributed by atoms with E-state index < -0.39 is 0 Å². The Balaban J connectivity index is 2.19. The van der Waals surface area contributed by atoms with E-state index in [4.69, 9.17) is 5.73 Å². The molecule has 2 aromatic rings. The summed E-state index contributed by atoms with van der Waals surface area (Å²) in [6, 6.07) is 10.1. The summed E-state index contributed by atoms with van der Waals surface area (Å²) in [7, 11) is 0. The lowest BCUT2D eigenvalue weighted by atomic mass is 10.1. The smallest absolute Gasteiger partial charge is 0.188 e. The van der Waals surface area contributed by atoms with Crippen LogP contribution in [0.25, 0.3) is 0 Å². The molecule has 18 heavy (non-hydrogen) atoms. The second-order valence-corrected chi connectivity index (χ2v) is 5.96. The third kappa shape index (κ3) is 3.54. The number of nitrogens with zero attached hydrogens (tertiary/aromatic N) is 2. The maximum Gasteiger partial charge on any atom is 0.188 e. The minimum atomic E-state index is 0.171. The Morgan fingerprint density at radius 2 is 2.22 bits per heavy atom. The van der Waals surface area contributed by atoms with Gasteiger partial charge in [0.2, 0.25) is 0 Å². The lowest BCUT2D eigenvalue weighted by Gasteiger charge is -2.14. The third-order valence-corrected chi connectivity index (χ3v) is 4.10. The average molecular weight is 324 g/mol. The average Bonchev–Trinajstić information content (AvgIpc) is 2.36. The van der Waals surface area contributed by atoms with Crippen LogP contribution >= 0.6 is 27.7 Å². The molecular formula is C13H14BrN3S. The fraction of sp³-hybridized carbons (Fsp3) is 0.231. The maximum atomic E-state index is 5.85. The Hall–Kier alpha value is -0.910. The Morgan fingerprint density at radius 3 is 2.89 bits per heavy atom. The van der Waals surface area contributed by atoms with E-state index in [9.17, 15) is 0 Å². The van der Waals surface area contributed by atoms with Crippen LogP contribution in [0.15, 0.2) is 46.2 Å². The molecule has 2 rings (SSSR count). The predicted octanol–water partition coefficient (Wildman–Crippen LogP) is 3.34. The summed E-state index contributed by atoms with van der Waals surface area (Å²) in [6.45, 7) is 2.51. The van der Waals surface area contributed by atoms with Gasteiger partial charge in [-0.25, -0.2) is 9.97 Å². The highest BCUT2D eigenvalue weighted by molar-refractivity contribution is 9.10. The first-order valence-corrected chi connectivity index (χ1v) is 7.28. The third-order valence-electron chi connectivity index (χ3n) is 2.45. The standard InChI is InChI=1S/C13H14BrN3S/c1-9-5-6-16-13(17-9)18-12(8-15)10-3-2-4-11(14)7-10/h2-7,12H,8,15H2,1H3. The molecule has 5 heteroatoms. The van der Waals surface area contributed by atoms with Crippen LogP contribution in [0.1, 0.15) is 16.5 Å². The second kappa shape index (κ2) is 6.31. The molecular weight excluding hydrogens is 310 g/mol. The van der Waals surface area contributed by atoms with Gasteiger partial charge >= 0.3 is 0 Å². The molecule has 0 amide bonds. The second-order valence-electron chi connectivity index (χ2n) is 3.88. The summed E-state index contributed by atoms with van der Waals surface area (Å²) in [6.07, 6.45) is 1.78. The van der Waals surface area contributed by atoms with Crippen molar-refractivity contribution in [2.45, 2.75) is 17.3 Å².